The fourth-order valence-electron chi connectivity index (χ4n) is 5.49. The Morgan fingerprint density at radius 3 is 1.66 bits per heavy atom. The molecule has 2 heterocycles. The highest BCUT2D eigenvalue weighted by Crippen LogP contribution is 2.40. The Labute approximate surface area is 302 Å². The van der Waals surface area contributed by atoms with Crippen LogP contribution >= 0.6 is 0 Å². The summed E-state index contributed by atoms with van der Waals surface area (Å²) in [6.45, 7) is -2.69. The van der Waals surface area contributed by atoms with Crippen LogP contribution in [0.15, 0.2) is 36.4 Å². The van der Waals surface area contributed by atoms with Crippen LogP contribution in [0, 0.1) is 0 Å². The molecule has 19 nitrogen and oxygen atoms in total. The minimum absolute atomic E-state index is 0.0366. The zero-order chi connectivity index (χ0) is 39.0. The van der Waals surface area contributed by atoms with Crippen LogP contribution in [0.25, 0.3) is 12.2 Å². The molecule has 2 fully saturated rings. The number of ether oxygens (including phenoxy) is 9. The summed E-state index contributed by atoms with van der Waals surface area (Å²) in [5.41, 5.74) is 0.708. The third kappa shape index (κ3) is 9.10. The number of phenols is 2. The highest BCUT2D eigenvalue weighted by atomic mass is 16.8. The van der Waals surface area contributed by atoms with Gasteiger partial charge in [-0.25, -0.2) is 9.59 Å². The van der Waals surface area contributed by atoms with Gasteiger partial charge in [0.2, 0.25) is 17.3 Å². The molecule has 0 radical (unpaired) electrons. The molecule has 4 rings (SSSR count). The molecule has 0 aromatic heterocycles. The van der Waals surface area contributed by atoms with Crippen molar-refractivity contribution >= 4 is 24.1 Å². The lowest BCUT2D eigenvalue weighted by molar-refractivity contribution is -0.383. The SMILES string of the molecule is COc1cc(C=CC(=O)OC[C@H]2O[C@H](O[C@@]3(CO)O[C@H](CO)[C@H](O)[C@@H]3OC(=O)C=Cc3cc(OC)c(O)c(OC)c3)[C@@H](O)[C@H](O)[C@@H]2O)cc(OC)c1O. The van der Waals surface area contributed by atoms with Crippen molar-refractivity contribution in [1.29, 1.82) is 0 Å². The van der Waals surface area contributed by atoms with E-state index in [9.17, 15) is 50.4 Å². The maximum atomic E-state index is 12.9. The van der Waals surface area contributed by atoms with Gasteiger partial charge in [-0.2, -0.15) is 0 Å². The van der Waals surface area contributed by atoms with Crippen LogP contribution in [0.1, 0.15) is 11.1 Å². The van der Waals surface area contributed by atoms with Crippen molar-refractivity contribution in [1.82, 2.24) is 0 Å². The monoisotopic (exact) mass is 754 g/mol. The van der Waals surface area contributed by atoms with Crippen LogP contribution in [0.3, 0.4) is 0 Å². The molecule has 0 amide bonds. The second-order valence-corrected chi connectivity index (χ2v) is 11.6. The summed E-state index contributed by atoms with van der Waals surface area (Å²) in [5.74, 6) is -4.86. The molecule has 2 aromatic carbocycles. The fraction of sp³-hybridized carbons (Fsp3) is 0.471. The number of aliphatic hydroxyl groups excluding tert-OH is 6. The summed E-state index contributed by atoms with van der Waals surface area (Å²) in [4.78, 5) is 25.5. The largest absolute Gasteiger partial charge is 0.502 e. The van der Waals surface area contributed by atoms with E-state index in [0.717, 1.165) is 12.2 Å². The van der Waals surface area contributed by atoms with Crippen LogP contribution in [0.5, 0.6) is 34.5 Å². The van der Waals surface area contributed by atoms with E-state index in [1.54, 1.807) is 0 Å². The van der Waals surface area contributed by atoms with Gasteiger partial charge in [0, 0.05) is 12.2 Å². The third-order valence-electron chi connectivity index (χ3n) is 8.32. The molecule has 53 heavy (non-hydrogen) atoms. The Hall–Kier alpha value is -4.70. The first-order valence-corrected chi connectivity index (χ1v) is 15.8. The molecule has 0 spiro atoms. The van der Waals surface area contributed by atoms with Crippen molar-refractivity contribution < 1.29 is 93.1 Å². The lowest BCUT2D eigenvalue weighted by Gasteiger charge is -2.43. The molecule has 8 N–H and O–H groups in total. The topological polar surface area (TPSA) is 279 Å². The third-order valence-corrected chi connectivity index (χ3v) is 8.32. The van der Waals surface area contributed by atoms with Gasteiger partial charge in [-0.1, -0.05) is 0 Å². The second-order valence-electron chi connectivity index (χ2n) is 11.6. The van der Waals surface area contributed by atoms with Crippen LogP contribution < -0.4 is 18.9 Å². The van der Waals surface area contributed by atoms with Crippen molar-refractivity contribution in [3.05, 3.63) is 47.5 Å². The van der Waals surface area contributed by atoms with Crippen molar-refractivity contribution in [2.24, 2.45) is 0 Å². The van der Waals surface area contributed by atoms with Crippen molar-refractivity contribution in [3.63, 3.8) is 0 Å². The Kier molecular flexibility index (Phi) is 13.9. The smallest absolute Gasteiger partial charge is 0.331 e. The number of rotatable bonds is 15. The number of carbonyl (C=O) groups is 2. The van der Waals surface area contributed by atoms with E-state index in [1.165, 1.54) is 64.9 Å². The summed E-state index contributed by atoms with van der Waals surface area (Å²) in [6.07, 6.45) is -9.97. The van der Waals surface area contributed by atoms with E-state index >= 15 is 0 Å². The summed E-state index contributed by atoms with van der Waals surface area (Å²) in [5, 5.41) is 83.3. The Morgan fingerprint density at radius 2 is 1.21 bits per heavy atom. The van der Waals surface area contributed by atoms with Crippen LogP contribution in [0.4, 0.5) is 0 Å². The van der Waals surface area contributed by atoms with E-state index < -0.39 is 86.6 Å². The molecule has 2 aromatic rings. The summed E-state index contributed by atoms with van der Waals surface area (Å²) in [6, 6.07) is 5.60. The van der Waals surface area contributed by atoms with E-state index in [4.69, 9.17) is 42.6 Å². The van der Waals surface area contributed by atoms with Gasteiger partial charge in [0.1, 0.15) is 49.8 Å². The predicted octanol–water partition coefficient (Wildman–Crippen LogP) is -1.42. The van der Waals surface area contributed by atoms with Gasteiger partial charge >= 0.3 is 11.9 Å². The van der Waals surface area contributed by atoms with Crippen molar-refractivity contribution in [2.75, 3.05) is 48.3 Å². The van der Waals surface area contributed by atoms with Gasteiger partial charge in [0.05, 0.1) is 35.0 Å². The summed E-state index contributed by atoms with van der Waals surface area (Å²) >= 11 is 0. The number of methoxy groups -OCH3 is 4. The van der Waals surface area contributed by atoms with E-state index in [0.29, 0.717) is 11.1 Å². The predicted molar refractivity (Wildman–Crippen MR) is 177 cm³/mol. The molecule has 9 atom stereocenters. The molecule has 0 bridgehead atoms. The number of hydrogen-bond donors (Lipinski definition) is 8. The van der Waals surface area contributed by atoms with E-state index in [2.05, 4.69) is 0 Å². The summed E-state index contributed by atoms with van der Waals surface area (Å²) in [7, 11) is 5.26. The first kappa shape index (κ1) is 41.1. The summed E-state index contributed by atoms with van der Waals surface area (Å²) < 4.78 is 47.8. The Bertz CT molecular complexity index is 1590. The first-order chi connectivity index (χ1) is 25.3. The molecule has 0 aliphatic carbocycles. The molecule has 19 heteroatoms. The average molecular weight is 755 g/mol. The maximum Gasteiger partial charge on any atom is 0.331 e. The fourth-order valence-corrected chi connectivity index (χ4v) is 5.49. The number of aromatic hydroxyl groups is 2. The van der Waals surface area contributed by atoms with Crippen molar-refractivity contribution in [3.8, 4) is 34.5 Å². The van der Waals surface area contributed by atoms with Crippen LogP contribution in [-0.4, -0.2) is 156 Å². The number of aliphatic hydroxyl groups is 6. The molecular formula is C34H42O19. The number of carbonyl (C=O) groups excluding carboxylic acids is 2. The van der Waals surface area contributed by atoms with Crippen molar-refractivity contribution in [2.45, 2.75) is 54.8 Å². The van der Waals surface area contributed by atoms with Crippen LogP contribution in [0.2, 0.25) is 0 Å². The molecule has 2 aliphatic heterocycles. The minimum atomic E-state index is -2.51. The number of hydrogen-bond acceptors (Lipinski definition) is 19. The van der Waals surface area contributed by atoms with E-state index in [-0.39, 0.29) is 34.5 Å². The molecule has 0 unspecified atom stereocenters. The molecular weight excluding hydrogens is 712 g/mol. The molecule has 0 saturated carbocycles. The van der Waals surface area contributed by atoms with Gasteiger partial charge in [-0.05, 0) is 47.5 Å². The zero-order valence-electron chi connectivity index (χ0n) is 28.9. The maximum absolute atomic E-state index is 12.9. The number of esters is 2. The van der Waals surface area contributed by atoms with Crippen LogP contribution in [-0.2, 0) is 33.3 Å². The van der Waals surface area contributed by atoms with Gasteiger partial charge in [-0.15, -0.1) is 0 Å². The van der Waals surface area contributed by atoms with Gasteiger partial charge in [-0.3, -0.25) is 0 Å². The standard InChI is InChI=1S/C34H42O19/c1-45-18-9-16(10-19(46-2)26(18)39)5-7-24(37)49-14-23-28(41)30(43)31(44)33(50-23)53-34(15-36)32(29(42)22(13-35)52-34)51-25(38)8-6-17-11-20(47-3)27(40)21(12-17)48-4/h5-12,22-23,28-33,35-36,39-44H,13-15H2,1-4H3/t22-,23-,28-,29+,30-,31+,32+,33-,34-/m1/s1. The lowest BCUT2D eigenvalue weighted by Crippen LogP contribution is -2.63. The first-order valence-electron chi connectivity index (χ1n) is 15.8. The lowest BCUT2D eigenvalue weighted by atomic mass is 9.98. The zero-order valence-corrected chi connectivity index (χ0v) is 28.9. The van der Waals surface area contributed by atoms with Gasteiger partial charge in [0.15, 0.2) is 35.4 Å². The molecule has 2 aliphatic rings. The number of benzene rings is 2. The normalized spacial score (nSPS) is 28.6. The molecule has 2 saturated heterocycles. The average Bonchev–Trinajstić information content (AvgIpc) is 3.42. The van der Waals surface area contributed by atoms with E-state index in [1.807, 2.05) is 0 Å². The highest BCUT2D eigenvalue weighted by Gasteiger charge is 2.60. The van der Waals surface area contributed by atoms with Gasteiger partial charge < -0.3 is 83.5 Å². The minimum Gasteiger partial charge on any atom is -0.502 e. The Balaban J connectivity index is 1.48. The number of phenolic OH excluding ortho intramolecular Hbond substituents is 2. The quantitative estimate of drug-likeness (QED) is 0.0765. The second kappa shape index (κ2) is 17.9. The molecule has 292 valence electrons. The van der Waals surface area contributed by atoms with Gasteiger partial charge in [0.25, 0.3) is 0 Å². The Morgan fingerprint density at radius 1 is 0.717 bits per heavy atom. The highest BCUT2D eigenvalue weighted by molar-refractivity contribution is 5.88.